The third-order valence-electron chi connectivity index (χ3n) is 3.22. The maximum atomic E-state index is 12.0. The number of carbonyl (C=O) groups excluding carboxylic acids is 1. The fraction of sp³-hybridized carbons (Fsp3) is 0.462. The normalized spacial score (nSPS) is 15.9. The number of carboxylic acid groups (broad SMARTS) is 1. The molecule has 0 spiro atoms. The molecule has 0 radical (unpaired) electrons. The van der Waals surface area contributed by atoms with Gasteiger partial charge in [0.25, 0.3) is 5.91 Å². The zero-order chi connectivity index (χ0) is 14.5. The lowest BCUT2D eigenvalue weighted by atomic mass is 10.2. The van der Waals surface area contributed by atoms with E-state index in [0.29, 0.717) is 13.1 Å². The van der Waals surface area contributed by atoms with E-state index in [1.165, 1.54) is 18.5 Å². The molecule has 2 heterocycles. The third kappa shape index (κ3) is 3.45. The van der Waals surface area contributed by atoms with Gasteiger partial charge in [0.05, 0.1) is 6.20 Å². The van der Waals surface area contributed by atoms with E-state index in [-0.39, 0.29) is 23.8 Å². The van der Waals surface area contributed by atoms with Crippen LogP contribution in [-0.4, -0.2) is 71.6 Å². The highest BCUT2D eigenvalue weighted by molar-refractivity contribution is 5.90. The minimum absolute atomic E-state index is 0.00572. The first-order valence-corrected chi connectivity index (χ1v) is 6.34. The first-order valence-electron chi connectivity index (χ1n) is 6.34. The van der Waals surface area contributed by atoms with E-state index in [9.17, 15) is 9.59 Å². The molecule has 1 saturated heterocycles. The average molecular weight is 279 g/mol. The molecule has 1 aromatic heterocycles. The number of carbonyl (C=O) groups is 2. The Kier molecular flexibility index (Phi) is 4.52. The molecule has 7 nitrogen and oxygen atoms in total. The van der Waals surface area contributed by atoms with Crippen LogP contribution in [-0.2, 0) is 4.79 Å². The Labute approximate surface area is 116 Å². The highest BCUT2D eigenvalue weighted by Gasteiger charge is 2.20. The summed E-state index contributed by atoms with van der Waals surface area (Å²) in [6, 6.07) is 1.35. The maximum Gasteiger partial charge on any atom is 0.339 e. The van der Waals surface area contributed by atoms with Crippen molar-refractivity contribution in [3.05, 3.63) is 24.0 Å². The molecule has 0 saturated carbocycles. The van der Waals surface area contributed by atoms with Crippen molar-refractivity contribution < 1.29 is 19.4 Å². The van der Waals surface area contributed by atoms with Crippen LogP contribution in [0.15, 0.2) is 18.5 Å². The maximum absolute atomic E-state index is 12.0. The molecule has 20 heavy (non-hydrogen) atoms. The molecular formula is C13H17N3O4. The van der Waals surface area contributed by atoms with Gasteiger partial charge in [0.15, 0.2) is 12.4 Å². The van der Waals surface area contributed by atoms with Crippen molar-refractivity contribution in [2.45, 2.75) is 0 Å². The van der Waals surface area contributed by atoms with Crippen LogP contribution in [0.3, 0.4) is 0 Å². The number of carboxylic acids is 1. The Bertz CT molecular complexity index is 498. The molecule has 0 bridgehead atoms. The number of aromatic nitrogens is 1. The summed E-state index contributed by atoms with van der Waals surface area (Å²) in [5.74, 6) is -1.13. The predicted molar refractivity (Wildman–Crippen MR) is 70.8 cm³/mol. The number of pyridine rings is 1. The summed E-state index contributed by atoms with van der Waals surface area (Å²) in [6.07, 6.45) is 2.68. The molecule has 0 aliphatic carbocycles. The van der Waals surface area contributed by atoms with Crippen molar-refractivity contribution in [1.29, 1.82) is 0 Å². The van der Waals surface area contributed by atoms with Gasteiger partial charge in [0, 0.05) is 32.4 Å². The van der Waals surface area contributed by atoms with Gasteiger partial charge in [-0.1, -0.05) is 0 Å². The number of ether oxygens (including phenoxy) is 1. The van der Waals surface area contributed by atoms with Crippen molar-refractivity contribution in [3.8, 4) is 5.75 Å². The highest BCUT2D eigenvalue weighted by atomic mass is 16.5. The van der Waals surface area contributed by atoms with E-state index in [4.69, 9.17) is 9.84 Å². The number of rotatable bonds is 4. The lowest BCUT2D eigenvalue weighted by molar-refractivity contribution is -0.134. The van der Waals surface area contributed by atoms with Gasteiger partial charge in [-0.2, -0.15) is 0 Å². The Morgan fingerprint density at radius 2 is 2.05 bits per heavy atom. The average Bonchev–Trinajstić information content (AvgIpc) is 2.45. The Balaban J connectivity index is 1.92. The molecule has 0 unspecified atom stereocenters. The van der Waals surface area contributed by atoms with Crippen molar-refractivity contribution in [1.82, 2.24) is 14.8 Å². The summed E-state index contributed by atoms with van der Waals surface area (Å²) in [7, 11) is 2.01. The van der Waals surface area contributed by atoms with Gasteiger partial charge in [-0.25, -0.2) is 4.79 Å². The molecule has 2 rings (SSSR count). The number of likely N-dealkylation sites (N-methyl/N-ethyl adjacent to an activating group) is 1. The molecular weight excluding hydrogens is 262 g/mol. The summed E-state index contributed by atoms with van der Waals surface area (Å²) in [6.45, 7) is 2.82. The second kappa shape index (κ2) is 6.33. The lowest BCUT2D eigenvalue weighted by Crippen LogP contribution is -2.48. The highest BCUT2D eigenvalue weighted by Crippen LogP contribution is 2.16. The first-order chi connectivity index (χ1) is 9.58. The number of hydrogen-bond donors (Lipinski definition) is 1. The molecule has 1 aromatic rings. The van der Waals surface area contributed by atoms with Gasteiger partial charge in [0.2, 0.25) is 0 Å². The van der Waals surface area contributed by atoms with Crippen molar-refractivity contribution in [2.24, 2.45) is 0 Å². The monoisotopic (exact) mass is 279 g/mol. The first kappa shape index (κ1) is 14.3. The molecule has 1 aliphatic rings. The van der Waals surface area contributed by atoms with Crippen LogP contribution in [0.2, 0.25) is 0 Å². The van der Waals surface area contributed by atoms with E-state index in [0.717, 1.165) is 13.1 Å². The zero-order valence-corrected chi connectivity index (χ0v) is 11.3. The minimum atomic E-state index is -1.10. The molecule has 0 aromatic carbocycles. The summed E-state index contributed by atoms with van der Waals surface area (Å²) in [4.78, 5) is 30.6. The topological polar surface area (TPSA) is 83.0 Å². The van der Waals surface area contributed by atoms with Gasteiger partial charge >= 0.3 is 5.97 Å². The SMILES string of the molecule is CN1CCN(C(=O)COc2cnccc2C(=O)O)CC1. The number of piperazine rings is 1. The number of nitrogens with zero attached hydrogens (tertiary/aromatic N) is 3. The summed E-state index contributed by atoms with van der Waals surface area (Å²) >= 11 is 0. The van der Waals surface area contributed by atoms with E-state index in [1.807, 2.05) is 7.05 Å². The molecule has 1 amide bonds. The fourth-order valence-electron chi connectivity index (χ4n) is 1.96. The quantitative estimate of drug-likeness (QED) is 0.831. The van der Waals surface area contributed by atoms with Gasteiger partial charge in [-0.05, 0) is 13.1 Å². The number of amides is 1. The van der Waals surface area contributed by atoms with Gasteiger partial charge in [-0.15, -0.1) is 0 Å². The van der Waals surface area contributed by atoms with Crippen LogP contribution in [0.5, 0.6) is 5.75 Å². The van der Waals surface area contributed by atoms with Crippen LogP contribution in [0, 0.1) is 0 Å². The van der Waals surface area contributed by atoms with Crippen LogP contribution >= 0.6 is 0 Å². The second-order valence-corrected chi connectivity index (χ2v) is 4.65. The Morgan fingerprint density at radius 1 is 1.35 bits per heavy atom. The zero-order valence-electron chi connectivity index (χ0n) is 11.3. The molecule has 1 aliphatic heterocycles. The number of aromatic carboxylic acids is 1. The predicted octanol–water partition coefficient (Wildman–Crippen LogP) is -0.0674. The number of hydrogen-bond acceptors (Lipinski definition) is 5. The summed E-state index contributed by atoms with van der Waals surface area (Å²) < 4.78 is 5.29. The van der Waals surface area contributed by atoms with Crippen LogP contribution in [0.4, 0.5) is 0 Å². The van der Waals surface area contributed by atoms with E-state index in [1.54, 1.807) is 4.90 Å². The van der Waals surface area contributed by atoms with Crippen LogP contribution in [0.1, 0.15) is 10.4 Å². The largest absolute Gasteiger partial charge is 0.481 e. The van der Waals surface area contributed by atoms with Crippen molar-refractivity contribution in [2.75, 3.05) is 39.8 Å². The smallest absolute Gasteiger partial charge is 0.339 e. The van der Waals surface area contributed by atoms with Gasteiger partial charge < -0.3 is 19.6 Å². The molecule has 1 fully saturated rings. The van der Waals surface area contributed by atoms with Gasteiger partial charge in [-0.3, -0.25) is 9.78 Å². The van der Waals surface area contributed by atoms with E-state index in [2.05, 4.69) is 9.88 Å². The molecule has 7 heteroatoms. The molecule has 1 N–H and O–H groups in total. The fourth-order valence-corrected chi connectivity index (χ4v) is 1.96. The summed E-state index contributed by atoms with van der Waals surface area (Å²) in [5, 5.41) is 9.00. The summed E-state index contributed by atoms with van der Waals surface area (Å²) in [5.41, 5.74) is 0.00572. The second-order valence-electron chi connectivity index (χ2n) is 4.65. The molecule has 0 atom stereocenters. The van der Waals surface area contributed by atoms with Crippen LogP contribution in [0.25, 0.3) is 0 Å². The molecule has 108 valence electrons. The van der Waals surface area contributed by atoms with E-state index < -0.39 is 5.97 Å². The minimum Gasteiger partial charge on any atom is -0.481 e. The van der Waals surface area contributed by atoms with Crippen molar-refractivity contribution >= 4 is 11.9 Å². The van der Waals surface area contributed by atoms with Crippen LogP contribution < -0.4 is 4.74 Å². The van der Waals surface area contributed by atoms with Gasteiger partial charge in [0.1, 0.15) is 5.56 Å². The van der Waals surface area contributed by atoms with E-state index >= 15 is 0 Å². The standard InChI is InChI=1S/C13H17N3O4/c1-15-4-6-16(7-5-15)12(17)9-20-11-8-14-3-2-10(11)13(18)19/h2-3,8H,4-7,9H2,1H3,(H,18,19). The Morgan fingerprint density at radius 3 is 2.70 bits per heavy atom. The van der Waals surface area contributed by atoms with Crippen molar-refractivity contribution in [3.63, 3.8) is 0 Å². The lowest BCUT2D eigenvalue weighted by Gasteiger charge is -2.32. The Hall–Kier alpha value is -2.15. The third-order valence-corrected chi connectivity index (χ3v) is 3.22.